The van der Waals surface area contributed by atoms with Gasteiger partial charge in [-0.05, 0) is 32.6 Å². The minimum absolute atomic E-state index is 0.419. The van der Waals surface area contributed by atoms with Gasteiger partial charge in [-0.25, -0.2) is 0 Å². The van der Waals surface area contributed by atoms with E-state index in [4.69, 9.17) is 0 Å². The van der Waals surface area contributed by atoms with E-state index in [0.29, 0.717) is 6.42 Å². The van der Waals surface area contributed by atoms with Crippen molar-refractivity contribution >= 4 is 5.97 Å². The highest BCUT2D eigenvalue weighted by molar-refractivity contribution is 5.65. The number of aliphatic hydroxyl groups excluding tert-OH is 1. The third kappa shape index (κ3) is 14.9. The molecule has 1 atom stereocenters. The molecule has 0 radical (unpaired) electrons. The number of ether oxygens (including phenoxy) is 1. The van der Waals surface area contributed by atoms with Gasteiger partial charge in [0.15, 0.2) is 0 Å². The zero-order valence-electron chi connectivity index (χ0n) is 12.3. The smallest absolute Gasteiger partial charge is 0.304 e. The van der Waals surface area contributed by atoms with Crippen LogP contribution in [0.1, 0.15) is 65.2 Å². The lowest BCUT2D eigenvalue weighted by Gasteiger charge is -2.09. The summed E-state index contributed by atoms with van der Waals surface area (Å²) in [5.74, 6) is -0.419. The summed E-state index contributed by atoms with van der Waals surface area (Å²) in [6.07, 6.45) is 16.1. The van der Waals surface area contributed by atoms with Crippen LogP contribution in [-0.4, -0.2) is 17.4 Å². The fourth-order valence-electron chi connectivity index (χ4n) is 1.79. The second-order valence-electron chi connectivity index (χ2n) is 4.69. The third-order valence-corrected chi connectivity index (χ3v) is 2.80. The van der Waals surface area contributed by atoms with Gasteiger partial charge in [0, 0.05) is 13.3 Å². The Morgan fingerprint density at radius 1 is 1.11 bits per heavy atom. The average molecular weight is 268 g/mol. The minimum Gasteiger partial charge on any atom is -0.436 e. The highest BCUT2D eigenvalue weighted by atomic mass is 16.6. The van der Waals surface area contributed by atoms with Crippen molar-refractivity contribution in [1.82, 2.24) is 0 Å². The average Bonchev–Trinajstić information content (AvgIpc) is 2.35. The molecule has 0 bridgehead atoms. The van der Waals surface area contributed by atoms with Gasteiger partial charge in [-0.2, -0.15) is 0 Å². The van der Waals surface area contributed by atoms with Crippen molar-refractivity contribution in [3.05, 3.63) is 24.3 Å². The molecule has 0 aliphatic carbocycles. The van der Waals surface area contributed by atoms with Gasteiger partial charge in [0.1, 0.15) is 0 Å². The summed E-state index contributed by atoms with van der Waals surface area (Å²) in [5, 5.41) is 9.31. The van der Waals surface area contributed by atoms with Crippen LogP contribution in [0, 0.1) is 0 Å². The summed E-state index contributed by atoms with van der Waals surface area (Å²) in [5.41, 5.74) is 0. The van der Waals surface area contributed by atoms with E-state index in [2.05, 4.69) is 29.0 Å². The van der Waals surface area contributed by atoms with Crippen molar-refractivity contribution < 1.29 is 14.6 Å². The zero-order chi connectivity index (χ0) is 14.3. The number of rotatable bonds is 11. The van der Waals surface area contributed by atoms with Crippen molar-refractivity contribution in [3.8, 4) is 0 Å². The van der Waals surface area contributed by atoms with E-state index in [1.807, 2.05) is 6.92 Å². The van der Waals surface area contributed by atoms with Crippen LogP contribution in [0.15, 0.2) is 24.3 Å². The molecular weight excluding hydrogens is 240 g/mol. The Labute approximate surface area is 117 Å². The second-order valence-corrected chi connectivity index (χ2v) is 4.69. The molecule has 1 N–H and O–H groups in total. The van der Waals surface area contributed by atoms with Gasteiger partial charge in [-0.3, -0.25) is 4.79 Å². The van der Waals surface area contributed by atoms with Gasteiger partial charge >= 0.3 is 5.97 Å². The molecule has 0 aromatic rings. The molecule has 110 valence electrons. The lowest BCUT2D eigenvalue weighted by molar-refractivity contribution is -0.165. The molecule has 0 aliphatic rings. The van der Waals surface area contributed by atoms with Crippen LogP contribution in [-0.2, 0) is 9.53 Å². The highest BCUT2D eigenvalue weighted by Gasteiger charge is 2.05. The number of hydrogen-bond acceptors (Lipinski definition) is 3. The maximum Gasteiger partial charge on any atom is 0.304 e. The fourth-order valence-corrected chi connectivity index (χ4v) is 1.79. The number of esters is 1. The molecule has 3 nitrogen and oxygen atoms in total. The Morgan fingerprint density at radius 2 is 1.79 bits per heavy atom. The standard InChI is InChI=1S/C16H28O3/c1-3-4-5-6-7-8-9-10-11-12-13-14-16(18)19-15(2)17/h3-4,6-7,16,18H,5,8-14H2,1-2H3/b4-3+,7-6+. The summed E-state index contributed by atoms with van der Waals surface area (Å²) in [6, 6.07) is 0. The zero-order valence-corrected chi connectivity index (χ0v) is 12.3. The third-order valence-electron chi connectivity index (χ3n) is 2.80. The molecule has 0 aromatic carbocycles. The molecule has 0 spiro atoms. The molecule has 19 heavy (non-hydrogen) atoms. The molecule has 0 heterocycles. The van der Waals surface area contributed by atoms with Gasteiger partial charge in [-0.15, -0.1) is 0 Å². The predicted molar refractivity (Wildman–Crippen MR) is 78.7 cm³/mol. The molecular formula is C16H28O3. The molecule has 0 fully saturated rings. The quantitative estimate of drug-likeness (QED) is 0.265. The maximum absolute atomic E-state index is 10.6. The van der Waals surface area contributed by atoms with Crippen LogP contribution < -0.4 is 0 Å². The molecule has 0 saturated carbocycles. The lowest BCUT2D eigenvalue weighted by Crippen LogP contribution is -2.14. The first kappa shape index (κ1) is 17.9. The van der Waals surface area contributed by atoms with Gasteiger partial charge in [0.25, 0.3) is 0 Å². The normalized spacial score (nSPS) is 13.2. The molecule has 0 amide bonds. The molecule has 1 unspecified atom stereocenters. The predicted octanol–water partition coefficient (Wildman–Crippen LogP) is 4.12. The van der Waals surface area contributed by atoms with Crippen molar-refractivity contribution in [2.45, 2.75) is 71.5 Å². The van der Waals surface area contributed by atoms with Crippen LogP contribution in [0.4, 0.5) is 0 Å². The number of unbranched alkanes of at least 4 members (excludes halogenated alkanes) is 5. The van der Waals surface area contributed by atoms with E-state index in [9.17, 15) is 9.90 Å². The summed E-state index contributed by atoms with van der Waals surface area (Å²) in [6.45, 7) is 3.35. The van der Waals surface area contributed by atoms with E-state index in [1.165, 1.54) is 26.2 Å². The number of carbonyl (C=O) groups is 1. The first-order valence-electron chi connectivity index (χ1n) is 7.28. The van der Waals surface area contributed by atoms with E-state index in [-0.39, 0.29) is 0 Å². The van der Waals surface area contributed by atoms with Gasteiger partial charge in [0.2, 0.25) is 6.29 Å². The van der Waals surface area contributed by atoms with Crippen LogP contribution in [0.25, 0.3) is 0 Å². The topological polar surface area (TPSA) is 46.5 Å². The molecule has 0 aliphatic heterocycles. The van der Waals surface area contributed by atoms with Gasteiger partial charge in [-0.1, -0.05) is 43.6 Å². The summed E-state index contributed by atoms with van der Waals surface area (Å²) < 4.78 is 4.64. The Bertz CT molecular complexity index is 269. The number of aliphatic hydroxyl groups is 1. The molecule has 3 heteroatoms. The van der Waals surface area contributed by atoms with Crippen molar-refractivity contribution in [2.24, 2.45) is 0 Å². The van der Waals surface area contributed by atoms with Crippen molar-refractivity contribution in [1.29, 1.82) is 0 Å². The first-order chi connectivity index (χ1) is 9.16. The van der Waals surface area contributed by atoms with E-state index >= 15 is 0 Å². The number of allylic oxidation sites excluding steroid dienone is 4. The summed E-state index contributed by atoms with van der Waals surface area (Å²) >= 11 is 0. The number of hydrogen-bond donors (Lipinski definition) is 1. The van der Waals surface area contributed by atoms with Crippen LogP contribution >= 0.6 is 0 Å². The molecule has 0 aromatic heterocycles. The first-order valence-corrected chi connectivity index (χ1v) is 7.28. The largest absolute Gasteiger partial charge is 0.436 e. The lowest BCUT2D eigenvalue weighted by atomic mass is 10.1. The van der Waals surface area contributed by atoms with Gasteiger partial charge < -0.3 is 9.84 Å². The monoisotopic (exact) mass is 268 g/mol. The summed E-state index contributed by atoms with van der Waals surface area (Å²) in [7, 11) is 0. The fraction of sp³-hybridized carbons (Fsp3) is 0.688. The van der Waals surface area contributed by atoms with E-state index in [1.54, 1.807) is 0 Å². The van der Waals surface area contributed by atoms with E-state index in [0.717, 1.165) is 25.7 Å². The SMILES string of the molecule is C/C=C/C/C=C/CCCCCCCC(O)OC(C)=O. The highest BCUT2D eigenvalue weighted by Crippen LogP contribution is 2.10. The van der Waals surface area contributed by atoms with Crippen LogP contribution in [0.2, 0.25) is 0 Å². The van der Waals surface area contributed by atoms with Crippen molar-refractivity contribution in [2.75, 3.05) is 0 Å². The molecule has 0 saturated heterocycles. The van der Waals surface area contributed by atoms with Crippen LogP contribution in [0.5, 0.6) is 0 Å². The van der Waals surface area contributed by atoms with Crippen molar-refractivity contribution in [3.63, 3.8) is 0 Å². The minimum atomic E-state index is -0.924. The second kappa shape index (κ2) is 13.3. The summed E-state index contributed by atoms with van der Waals surface area (Å²) in [4.78, 5) is 10.6. The Morgan fingerprint density at radius 3 is 2.47 bits per heavy atom. The Hall–Kier alpha value is -1.09. The maximum atomic E-state index is 10.6. The Kier molecular flexibility index (Phi) is 12.6. The van der Waals surface area contributed by atoms with E-state index < -0.39 is 12.3 Å². The van der Waals surface area contributed by atoms with Crippen LogP contribution in [0.3, 0.4) is 0 Å². The van der Waals surface area contributed by atoms with Gasteiger partial charge in [0.05, 0.1) is 0 Å². The Balaban J connectivity index is 3.23. The molecule has 0 rings (SSSR count). The number of carbonyl (C=O) groups excluding carboxylic acids is 1.